The van der Waals surface area contributed by atoms with Crippen molar-refractivity contribution in [3.8, 4) is 0 Å². The second-order valence-corrected chi connectivity index (χ2v) is 35.5. The van der Waals surface area contributed by atoms with Crippen molar-refractivity contribution in [2.75, 3.05) is 66.1 Å². The summed E-state index contributed by atoms with van der Waals surface area (Å²) in [5, 5.41) is 23.8. The quantitative estimate of drug-likeness (QED) is 0.0374. The highest BCUT2D eigenvalue weighted by atomic mass is 16.5. The van der Waals surface area contributed by atoms with E-state index < -0.39 is 0 Å². The summed E-state index contributed by atoms with van der Waals surface area (Å²) in [7, 11) is 0. The summed E-state index contributed by atoms with van der Waals surface area (Å²) in [6, 6.07) is 0. The minimum absolute atomic E-state index is 0.00236. The van der Waals surface area contributed by atoms with E-state index in [2.05, 4.69) is 86.3 Å². The van der Waals surface area contributed by atoms with Crippen LogP contribution in [0.3, 0.4) is 0 Å². The van der Waals surface area contributed by atoms with Gasteiger partial charge in [-0.25, -0.2) is 4.68 Å². The van der Waals surface area contributed by atoms with Crippen LogP contribution in [0.25, 0.3) is 0 Å². The van der Waals surface area contributed by atoms with Gasteiger partial charge in [-0.3, -0.25) is 66.9 Å². The summed E-state index contributed by atoms with van der Waals surface area (Å²) in [6.45, 7) is 68.7. The molecule has 0 atom stereocenters. The van der Waals surface area contributed by atoms with Gasteiger partial charge < -0.3 is 23.7 Å². The fraction of sp³-hybridized carbons (Fsp3) is 0.804. The van der Waals surface area contributed by atoms with Crippen LogP contribution in [0.4, 0.5) is 0 Å². The van der Waals surface area contributed by atoms with Gasteiger partial charge in [0.15, 0.2) is 17.3 Å². The van der Waals surface area contributed by atoms with E-state index in [1.54, 1.807) is 6.20 Å². The van der Waals surface area contributed by atoms with Gasteiger partial charge >= 0.3 is 0 Å². The standard InChI is InChI=1S/C14H28O3.C12H19N3O2.2C12H21N3O.C12H22O4.C12H22O3.C9H16O2.C9H18O/c1-12(2)6-5-8-16-10-11-17-9-7-14(15)13(3)4;1-8(2)11(16)5-10-6-15(14-13-10)7-12(17)9(3)4;2*1-9(2)5-6-15-8-11(13-14-15)7-12(16)10(3)4;1-9(2)11(13)7-15-5-6-16-8-12(14)10(3)4;1-9(2)11(13)5-7-15-8-6-12(14)10(3)4;1-6(2)8(10)5-9(11)7(3)4;1-7(2)5-6-9(10)8(3)4/h12-13H,5-11H2,1-4H3;6,8-9H,5,7H2,1-4H3;2*8-10H,5-7H2,1-4H3;9-10H,5-8H2,1-4H3;9-10H,5-8H2,1-4H3;6-7H,5H2,1-4H3;7-8H,5-6H2,1-4H3. The molecule has 26 nitrogen and oxygen atoms in total. The van der Waals surface area contributed by atoms with Gasteiger partial charge in [-0.1, -0.05) is 237 Å². The first kappa shape index (κ1) is 120. The molecule has 0 bridgehead atoms. The molecule has 118 heavy (non-hydrogen) atoms. The highest BCUT2D eigenvalue weighted by molar-refractivity contribution is 6.00. The third-order valence-electron chi connectivity index (χ3n) is 17.8. The van der Waals surface area contributed by atoms with E-state index in [1.165, 1.54) is 11.1 Å². The number of hydrogen-bond donors (Lipinski definition) is 0. The number of ketones is 12. The van der Waals surface area contributed by atoms with E-state index in [4.69, 9.17) is 23.7 Å². The van der Waals surface area contributed by atoms with Crippen LogP contribution in [-0.2, 0) is 120 Å². The number of aromatic nitrogens is 9. The maximum Gasteiger partial charge on any atom is 0.160 e. The molecule has 3 rings (SSSR count). The zero-order chi connectivity index (χ0) is 91.9. The molecule has 0 fully saturated rings. The van der Waals surface area contributed by atoms with Gasteiger partial charge in [-0.2, -0.15) is 0 Å². The largest absolute Gasteiger partial charge is 0.381 e. The Morgan fingerprint density at radius 1 is 0.254 bits per heavy atom. The van der Waals surface area contributed by atoms with Crippen molar-refractivity contribution in [1.82, 2.24) is 45.0 Å². The number of Topliss-reactive ketones (excluding diaryl/α,β-unsaturated/α-hetero) is 12. The fourth-order valence-electron chi connectivity index (χ4n) is 8.32. The minimum atomic E-state index is -0.0160. The first-order valence-corrected chi connectivity index (χ1v) is 43.7. The Morgan fingerprint density at radius 3 is 0.780 bits per heavy atom. The lowest BCUT2D eigenvalue weighted by atomic mass is 9.98. The Balaban J connectivity index is -0.000000414. The van der Waals surface area contributed by atoms with Crippen molar-refractivity contribution >= 4 is 69.4 Å². The smallest absolute Gasteiger partial charge is 0.160 e. The molecule has 0 amide bonds. The molecule has 3 aromatic rings. The molecule has 0 aliphatic carbocycles. The third-order valence-corrected chi connectivity index (χ3v) is 17.8. The number of aryl methyl sites for hydroxylation is 2. The second-order valence-electron chi connectivity index (χ2n) is 35.5. The molecule has 0 radical (unpaired) electrons. The summed E-state index contributed by atoms with van der Waals surface area (Å²) >= 11 is 0. The molecular weight excluding hydrogens is 1500 g/mol. The van der Waals surface area contributed by atoms with E-state index in [0.717, 1.165) is 69.1 Å². The normalized spacial score (nSPS) is 11.2. The molecule has 26 heteroatoms. The molecule has 682 valence electrons. The van der Waals surface area contributed by atoms with Crippen LogP contribution >= 0.6 is 0 Å². The van der Waals surface area contributed by atoms with Crippen molar-refractivity contribution < 1.29 is 81.2 Å². The Bertz CT molecular complexity index is 3030. The first-order valence-electron chi connectivity index (χ1n) is 43.7. The van der Waals surface area contributed by atoms with Gasteiger partial charge in [0, 0.05) is 135 Å². The molecule has 0 unspecified atom stereocenters. The lowest BCUT2D eigenvalue weighted by Crippen LogP contribution is -2.19. The number of ether oxygens (including phenoxy) is 5. The average molecular weight is 1670 g/mol. The molecule has 0 aliphatic heterocycles. The van der Waals surface area contributed by atoms with E-state index >= 15 is 0 Å². The molecule has 0 N–H and O–H groups in total. The zero-order valence-corrected chi connectivity index (χ0v) is 79.8. The molecule has 3 heterocycles. The monoisotopic (exact) mass is 1670 g/mol. The van der Waals surface area contributed by atoms with Crippen LogP contribution in [0.5, 0.6) is 0 Å². The molecule has 0 spiro atoms. The predicted octanol–water partition coefficient (Wildman–Crippen LogP) is 16.7. The highest BCUT2D eigenvalue weighted by Gasteiger charge is 2.19. The van der Waals surface area contributed by atoms with Crippen molar-refractivity contribution in [3.63, 3.8) is 0 Å². The van der Waals surface area contributed by atoms with Crippen molar-refractivity contribution in [1.29, 1.82) is 0 Å². The number of carbonyl (C=O) groups excluding carboxylic acids is 12. The second kappa shape index (κ2) is 71.9. The summed E-state index contributed by atoms with van der Waals surface area (Å²) in [5.74, 6) is 5.32. The molecule has 0 saturated carbocycles. The Morgan fingerprint density at radius 2 is 0.500 bits per heavy atom. The number of carbonyl (C=O) groups is 12. The van der Waals surface area contributed by atoms with Gasteiger partial charge in [-0.05, 0) is 55.8 Å². The summed E-state index contributed by atoms with van der Waals surface area (Å²) in [6.07, 6.45) is 14.3. The Hall–Kier alpha value is -6.74. The predicted molar refractivity (Wildman–Crippen MR) is 469 cm³/mol. The Kier molecular flexibility index (Phi) is 73.0. The van der Waals surface area contributed by atoms with Gasteiger partial charge in [-0.15, -0.1) is 15.3 Å². The number of rotatable bonds is 54. The van der Waals surface area contributed by atoms with E-state index in [9.17, 15) is 57.5 Å². The average Bonchev–Trinajstić information content (AvgIpc) is 1.76. The SMILES string of the molecule is CC(C)C(=O)CC(=O)C(C)C.CC(C)C(=O)CCOCCC(=O)C(C)C.CC(C)C(=O)COCCOCC(=O)C(C)C.CC(C)C(=O)Cc1cn(CC(=O)C(C)C)nn1.CC(C)CCC(=O)C(C)C.CC(C)CCCOCCOCCC(=O)C(C)C.CC(C)CCn1cc(CC(=O)C(C)C)nn1.CC(C)CCn1cc(CC(=O)C(C)C)nn1. The molecule has 0 saturated heterocycles. The van der Waals surface area contributed by atoms with Crippen LogP contribution in [-0.4, -0.2) is 180 Å². The van der Waals surface area contributed by atoms with Crippen LogP contribution < -0.4 is 0 Å². The van der Waals surface area contributed by atoms with E-state index in [0.29, 0.717) is 108 Å². The van der Waals surface area contributed by atoms with Gasteiger partial charge in [0.05, 0.1) is 89.0 Å². The molecular formula is C92H167N9O17. The summed E-state index contributed by atoms with van der Waals surface area (Å²) in [5.41, 5.74) is 2.19. The Labute approximate surface area is 713 Å². The lowest BCUT2D eigenvalue weighted by Gasteiger charge is -2.07. The number of nitrogens with zero attached hydrogens (tertiary/aromatic N) is 9. The maximum atomic E-state index is 11.5. The lowest BCUT2D eigenvalue weighted by molar-refractivity contribution is -0.131. The van der Waals surface area contributed by atoms with Crippen LogP contribution in [0, 0.1) is 94.7 Å². The number of hydrogen-bond acceptors (Lipinski definition) is 23. The first-order chi connectivity index (χ1) is 54.8. The molecule has 3 aromatic heterocycles. The van der Waals surface area contributed by atoms with Crippen LogP contribution in [0.2, 0.25) is 0 Å². The van der Waals surface area contributed by atoms with Crippen molar-refractivity contribution in [2.24, 2.45) is 94.7 Å². The van der Waals surface area contributed by atoms with Gasteiger partial charge in [0.2, 0.25) is 0 Å². The zero-order valence-electron chi connectivity index (χ0n) is 79.8. The van der Waals surface area contributed by atoms with Crippen LogP contribution in [0.15, 0.2) is 18.6 Å². The topological polar surface area (TPSA) is 343 Å². The molecule has 0 aromatic carbocycles. The summed E-state index contributed by atoms with van der Waals surface area (Å²) in [4.78, 5) is 135. The van der Waals surface area contributed by atoms with Gasteiger partial charge in [0.25, 0.3) is 0 Å². The van der Waals surface area contributed by atoms with E-state index in [1.807, 2.05) is 188 Å². The summed E-state index contributed by atoms with van der Waals surface area (Å²) < 4.78 is 31.4. The van der Waals surface area contributed by atoms with Gasteiger partial charge in [0.1, 0.15) is 71.8 Å². The van der Waals surface area contributed by atoms with Crippen LogP contribution in [0.1, 0.15) is 303 Å². The highest BCUT2D eigenvalue weighted by Crippen LogP contribution is 2.13. The van der Waals surface area contributed by atoms with Crippen molar-refractivity contribution in [3.05, 3.63) is 35.7 Å². The van der Waals surface area contributed by atoms with E-state index in [-0.39, 0.29) is 167 Å². The molecule has 0 aliphatic rings. The fourth-order valence-corrected chi connectivity index (χ4v) is 8.32. The maximum absolute atomic E-state index is 11.5. The minimum Gasteiger partial charge on any atom is -0.381 e. The third kappa shape index (κ3) is 73.2. The van der Waals surface area contributed by atoms with Crippen molar-refractivity contribution in [2.45, 2.75) is 325 Å².